The number of nitrogens with zero attached hydrogens (tertiary/aromatic N) is 1. The Hall–Kier alpha value is -2.06. The number of carbonyl (C=O) groups is 1. The Labute approximate surface area is 427 Å². The van der Waals surface area contributed by atoms with E-state index < -0.39 is 13.9 Å². The fourth-order valence-electron chi connectivity index (χ4n) is 7.86. The van der Waals surface area contributed by atoms with Crippen molar-refractivity contribution in [2.75, 3.05) is 54.1 Å². The van der Waals surface area contributed by atoms with Gasteiger partial charge in [-0.15, -0.1) is 0 Å². The van der Waals surface area contributed by atoms with Crippen molar-refractivity contribution in [3.63, 3.8) is 0 Å². The first kappa shape index (κ1) is 66.9. The Bertz CT molecular complexity index is 1330. The second-order valence-electron chi connectivity index (χ2n) is 20.3. The Balaban J connectivity index is 4.11. The number of ether oxygens (including phenoxy) is 2. The highest BCUT2D eigenvalue weighted by Gasteiger charge is 2.20. The molecule has 2 atom stereocenters. The van der Waals surface area contributed by atoms with E-state index in [-0.39, 0.29) is 25.8 Å². The lowest BCUT2D eigenvalue weighted by atomic mass is 10.0. The van der Waals surface area contributed by atoms with Crippen LogP contribution in [0.3, 0.4) is 0 Å². The minimum atomic E-state index is -4.54. The van der Waals surface area contributed by atoms with E-state index >= 15 is 0 Å². The van der Waals surface area contributed by atoms with Gasteiger partial charge in [0, 0.05) is 13.0 Å². The number of quaternary nitrogens is 1. The van der Waals surface area contributed by atoms with Crippen molar-refractivity contribution in [2.24, 2.45) is 0 Å². The van der Waals surface area contributed by atoms with E-state index in [0.29, 0.717) is 24.1 Å². The quantitative estimate of drug-likeness (QED) is 0.0197. The Kier molecular flexibility index (Phi) is 50.7. The summed E-state index contributed by atoms with van der Waals surface area (Å²) in [4.78, 5) is 25.3. The van der Waals surface area contributed by atoms with Gasteiger partial charge >= 0.3 is 5.97 Å². The molecule has 402 valence electrons. The number of hydrogen-bond acceptors (Lipinski definition) is 7. The van der Waals surface area contributed by atoms with Gasteiger partial charge in [0.2, 0.25) is 0 Å². The average Bonchev–Trinajstić information content (AvgIpc) is 3.31. The highest BCUT2D eigenvalue weighted by Crippen LogP contribution is 2.38. The Morgan fingerprint density at radius 3 is 1.28 bits per heavy atom. The van der Waals surface area contributed by atoms with Crippen molar-refractivity contribution in [3.05, 3.63) is 72.9 Å². The molecule has 0 N–H and O–H groups in total. The van der Waals surface area contributed by atoms with Crippen LogP contribution in [0.1, 0.15) is 245 Å². The maximum absolute atomic E-state index is 12.8. The van der Waals surface area contributed by atoms with E-state index in [1.807, 2.05) is 21.1 Å². The zero-order valence-electron chi connectivity index (χ0n) is 45.7. The van der Waals surface area contributed by atoms with Crippen LogP contribution >= 0.6 is 7.82 Å². The molecule has 69 heavy (non-hydrogen) atoms. The number of carbonyl (C=O) groups excluding carboxylic acids is 1. The molecule has 0 aliphatic rings. The van der Waals surface area contributed by atoms with Crippen LogP contribution in [0.4, 0.5) is 0 Å². The van der Waals surface area contributed by atoms with Crippen molar-refractivity contribution >= 4 is 13.8 Å². The maximum atomic E-state index is 12.8. The first-order valence-corrected chi connectivity index (χ1v) is 30.1. The van der Waals surface area contributed by atoms with Crippen LogP contribution in [0.25, 0.3) is 0 Å². The summed E-state index contributed by atoms with van der Waals surface area (Å²) in [6, 6.07) is 0. The smallest absolute Gasteiger partial charge is 0.306 e. The average molecular weight is 989 g/mol. The van der Waals surface area contributed by atoms with Gasteiger partial charge in [-0.05, 0) is 83.5 Å². The lowest BCUT2D eigenvalue weighted by molar-refractivity contribution is -0.870. The number of unbranched alkanes of at least 4 members (excludes halogenated alkanes) is 27. The standard InChI is InChI=1S/C60H110NO7P/c1-6-8-10-12-14-16-18-20-22-24-26-28-30-31-32-33-35-37-39-41-43-45-47-49-51-53-60(62)68-59(58-67-69(63,64)66-56-54-61(3,4)5)57-65-55-52-50-48-46-44-42-40-38-36-34-29-27-25-23-21-19-17-15-13-11-9-7-2/h9,11,15,17,21,23-24,26-27,29,36,38,59H,6-8,10,12-14,16,18-20,22,25,28,30-35,37,39-58H2,1-5H3/b11-9-,17-15-,23-21-,26-24-,29-27-,38-36-. The highest BCUT2D eigenvalue weighted by atomic mass is 31.2. The predicted molar refractivity (Wildman–Crippen MR) is 296 cm³/mol. The number of allylic oxidation sites excluding steroid dienone is 12. The molecule has 0 saturated heterocycles. The van der Waals surface area contributed by atoms with Crippen LogP contribution in [-0.4, -0.2) is 70.7 Å². The number of hydrogen-bond donors (Lipinski definition) is 0. The summed E-state index contributed by atoms with van der Waals surface area (Å²) in [7, 11) is 1.34. The van der Waals surface area contributed by atoms with E-state index in [0.717, 1.165) is 77.0 Å². The summed E-state index contributed by atoms with van der Waals surface area (Å²) in [6.07, 6.45) is 69.4. The number of phosphoric ester groups is 1. The molecule has 0 rings (SSSR count). The van der Waals surface area contributed by atoms with Crippen LogP contribution in [0.15, 0.2) is 72.9 Å². The van der Waals surface area contributed by atoms with Crippen LogP contribution < -0.4 is 4.89 Å². The zero-order chi connectivity index (χ0) is 50.5. The summed E-state index contributed by atoms with van der Waals surface area (Å²) in [5.74, 6) is -0.339. The van der Waals surface area contributed by atoms with E-state index in [4.69, 9.17) is 18.5 Å². The number of likely N-dealkylation sites (N-methyl/N-ethyl adjacent to an activating group) is 1. The number of rotatable bonds is 53. The summed E-state index contributed by atoms with van der Waals surface area (Å²) in [5.41, 5.74) is 0. The van der Waals surface area contributed by atoms with E-state index in [2.05, 4.69) is 86.8 Å². The molecule has 0 heterocycles. The third-order valence-electron chi connectivity index (χ3n) is 12.2. The summed E-state index contributed by atoms with van der Waals surface area (Å²) in [5, 5.41) is 0. The number of esters is 1. The van der Waals surface area contributed by atoms with E-state index in [1.54, 1.807) is 0 Å². The van der Waals surface area contributed by atoms with Crippen LogP contribution in [-0.2, 0) is 27.9 Å². The second kappa shape index (κ2) is 52.3. The first-order valence-electron chi connectivity index (χ1n) is 28.7. The third kappa shape index (κ3) is 56.7. The molecule has 0 saturated carbocycles. The van der Waals surface area contributed by atoms with Crippen molar-refractivity contribution in [3.8, 4) is 0 Å². The topological polar surface area (TPSA) is 94.1 Å². The van der Waals surface area contributed by atoms with Crippen LogP contribution in [0, 0.1) is 0 Å². The molecule has 0 aromatic rings. The lowest BCUT2D eigenvalue weighted by Gasteiger charge is -2.28. The maximum Gasteiger partial charge on any atom is 0.306 e. The molecule has 0 fully saturated rings. The monoisotopic (exact) mass is 988 g/mol. The minimum Gasteiger partial charge on any atom is -0.756 e. The minimum absolute atomic E-state index is 0.0204. The molecule has 0 aromatic heterocycles. The van der Waals surface area contributed by atoms with Crippen LogP contribution in [0.5, 0.6) is 0 Å². The molecule has 0 amide bonds. The summed E-state index contributed by atoms with van der Waals surface area (Å²) < 4.78 is 34.8. The molecular weight excluding hydrogens is 878 g/mol. The fourth-order valence-corrected chi connectivity index (χ4v) is 8.59. The molecule has 0 radical (unpaired) electrons. The van der Waals surface area contributed by atoms with Crippen molar-refractivity contribution in [2.45, 2.75) is 251 Å². The van der Waals surface area contributed by atoms with Gasteiger partial charge in [0.1, 0.15) is 19.3 Å². The van der Waals surface area contributed by atoms with Gasteiger partial charge < -0.3 is 27.9 Å². The van der Waals surface area contributed by atoms with Gasteiger partial charge in [-0.25, -0.2) is 0 Å². The highest BCUT2D eigenvalue weighted by molar-refractivity contribution is 7.45. The van der Waals surface area contributed by atoms with Gasteiger partial charge in [-0.3, -0.25) is 9.36 Å². The molecule has 0 aliphatic heterocycles. The summed E-state index contributed by atoms with van der Waals surface area (Å²) >= 11 is 0. The normalized spacial score (nSPS) is 14.0. The van der Waals surface area contributed by atoms with Crippen molar-refractivity contribution < 1.29 is 37.3 Å². The lowest BCUT2D eigenvalue weighted by Crippen LogP contribution is -2.37. The van der Waals surface area contributed by atoms with Crippen molar-refractivity contribution in [1.82, 2.24) is 0 Å². The van der Waals surface area contributed by atoms with Gasteiger partial charge in [0.25, 0.3) is 7.82 Å². The Morgan fingerprint density at radius 1 is 0.464 bits per heavy atom. The predicted octanol–water partition coefficient (Wildman–Crippen LogP) is 17.5. The third-order valence-corrected chi connectivity index (χ3v) is 13.2. The van der Waals surface area contributed by atoms with Gasteiger partial charge in [-0.1, -0.05) is 228 Å². The Morgan fingerprint density at radius 2 is 0.841 bits per heavy atom. The first-order chi connectivity index (χ1) is 33.6. The zero-order valence-corrected chi connectivity index (χ0v) is 46.6. The summed E-state index contributed by atoms with van der Waals surface area (Å²) in [6.45, 7) is 5.28. The molecule has 9 heteroatoms. The molecule has 0 aromatic carbocycles. The molecule has 8 nitrogen and oxygen atoms in total. The van der Waals surface area contributed by atoms with E-state index in [9.17, 15) is 14.3 Å². The van der Waals surface area contributed by atoms with Gasteiger partial charge in [0.15, 0.2) is 0 Å². The van der Waals surface area contributed by atoms with E-state index in [1.165, 1.54) is 148 Å². The SMILES string of the molecule is CC/C=C\C/C=C\C/C=C\C/C=C\C/C=C\CCCCCCCCOCC(COP(=O)([O-])OCC[N+](C)(C)C)OC(=O)CCCCCCCCCCCCCCC/C=C\CCCCCCCCCC. The fraction of sp³-hybridized carbons (Fsp3) is 0.783. The molecule has 0 bridgehead atoms. The van der Waals surface area contributed by atoms with Crippen molar-refractivity contribution in [1.29, 1.82) is 0 Å². The van der Waals surface area contributed by atoms with Gasteiger partial charge in [-0.2, -0.15) is 0 Å². The molecule has 0 spiro atoms. The molecule has 2 unspecified atom stereocenters. The number of phosphoric acid groups is 1. The largest absolute Gasteiger partial charge is 0.756 e. The molecule has 0 aliphatic carbocycles. The second-order valence-corrected chi connectivity index (χ2v) is 21.7. The van der Waals surface area contributed by atoms with Gasteiger partial charge in [0.05, 0.1) is 34.4 Å². The molecular formula is C60H110NO7P. The van der Waals surface area contributed by atoms with Crippen LogP contribution in [0.2, 0.25) is 0 Å².